The van der Waals surface area contributed by atoms with Crippen molar-refractivity contribution in [2.24, 2.45) is 0 Å². The Morgan fingerprint density at radius 1 is 1.23 bits per heavy atom. The Bertz CT molecular complexity index is 257. The van der Waals surface area contributed by atoms with Gasteiger partial charge in [-0.3, -0.25) is 0 Å². The van der Waals surface area contributed by atoms with Crippen LogP contribution in [0.2, 0.25) is 0 Å². The Hall–Kier alpha value is -1.31. The van der Waals surface area contributed by atoms with Crippen molar-refractivity contribution in [1.29, 1.82) is 0 Å². The lowest BCUT2D eigenvalue weighted by molar-refractivity contribution is -0.136. The van der Waals surface area contributed by atoms with E-state index in [1.54, 1.807) is 13.0 Å². The third kappa shape index (κ3) is 5.01. The van der Waals surface area contributed by atoms with E-state index in [1.807, 2.05) is 32.1 Å². The van der Waals surface area contributed by atoms with Crippen molar-refractivity contribution in [2.45, 2.75) is 20.8 Å². The minimum atomic E-state index is -0.287. The summed E-state index contributed by atoms with van der Waals surface area (Å²) in [6, 6.07) is 0. The van der Waals surface area contributed by atoms with Crippen LogP contribution in [0.4, 0.5) is 0 Å². The van der Waals surface area contributed by atoms with E-state index in [0.717, 1.165) is 5.57 Å². The Morgan fingerprint density at radius 3 is 2.31 bits per heavy atom. The van der Waals surface area contributed by atoms with E-state index in [1.165, 1.54) is 7.11 Å². The van der Waals surface area contributed by atoms with Crippen LogP contribution in [-0.4, -0.2) is 13.1 Å². The van der Waals surface area contributed by atoms with Gasteiger partial charge in [-0.25, -0.2) is 4.79 Å². The molecule has 0 aromatic rings. The topological polar surface area (TPSA) is 26.3 Å². The van der Waals surface area contributed by atoms with Gasteiger partial charge in [-0.1, -0.05) is 29.9 Å². The maximum Gasteiger partial charge on any atom is 0.333 e. The van der Waals surface area contributed by atoms with E-state index in [2.05, 4.69) is 4.74 Å². The lowest BCUT2D eigenvalue weighted by Gasteiger charge is -1.95. The van der Waals surface area contributed by atoms with E-state index in [4.69, 9.17) is 0 Å². The van der Waals surface area contributed by atoms with Gasteiger partial charge in [0.1, 0.15) is 0 Å². The lowest BCUT2D eigenvalue weighted by atomic mass is 10.2. The van der Waals surface area contributed by atoms with Crippen molar-refractivity contribution in [1.82, 2.24) is 0 Å². The summed E-state index contributed by atoms with van der Waals surface area (Å²) in [6.45, 7) is 5.65. The second-order valence-electron chi connectivity index (χ2n) is 2.75. The van der Waals surface area contributed by atoms with Gasteiger partial charge >= 0.3 is 5.97 Å². The fourth-order valence-corrected chi connectivity index (χ4v) is 0.804. The van der Waals surface area contributed by atoms with Crippen LogP contribution in [-0.2, 0) is 9.53 Å². The summed E-state index contributed by atoms with van der Waals surface area (Å²) in [4.78, 5) is 10.9. The third-order valence-electron chi connectivity index (χ3n) is 1.53. The summed E-state index contributed by atoms with van der Waals surface area (Å²) in [5.41, 5.74) is 1.71. The molecular formula is C11H16O2. The van der Waals surface area contributed by atoms with Gasteiger partial charge in [0.25, 0.3) is 0 Å². The Kier molecular flexibility index (Phi) is 5.60. The van der Waals surface area contributed by atoms with Gasteiger partial charge in [0.15, 0.2) is 0 Å². The summed E-state index contributed by atoms with van der Waals surface area (Å²) in [5, 5.41) is 0. The minimum Gasteiger partial charge on any atom is -0.466 e. The van der Waals surface area contributed by atoms with E-state index in [0.29, 0.717) is 5.57 Å². The molecule has 0 bridgehead atoms. The highest BCUT2D eigenvalue weighted by Gasteiger charge is 1.99. The highest BCUT2D eigenvalue weighted by Crippen LogP contribution is 2.00. The van der Waals surface area contributed by atoms with Gasteiger partial charge in [-0.15, -0.1) is 0 Å². The number of rotatable bonds is 3. The second kappa shape index (κ2) is 6.23. The molecule has 0 saturated heterocycles. The number of hydrogen-bond acceptors (Lipinski definition) is 2. The average molecular weight is 180 g/mol. The zero-order valence-corrected chi connectivity index (χ0v) is 8.63. The normalized spacial score (nSPS) is 13.5. The molecule has 0 unspecified atom stereocenters. The molecule has 0 N–H and O–H groups in total. The van der Waals surface area contributed by atoms with Crippen LogP contribution in [0.5, 0.6) is 0 Å². The maximum absolute atomic E-state index is 10.9. The largest absolute Gasteiger partial charge is 0.466 e. The van der Waals surface area contributed by atoms with E-state index in [-0.39, 0.29) is 5.97 Å². The number of carbonyl (C=O) groups is 1. The summed E-state index contributed by atoms with van der Waals surface area (Å²) in [6.07, 6.45) is 7.56. The Morgan fingerprint density at radius 2 is 1.85 bits per heavy atom. The smallest absolute Gasteiger partial charge is 0.333 e. The third-order valence-corrected chi connectivity index (χ3v) is 1.53. The number of methoxy groups -OCH3 is 1. The van der Waals surface area contributed by atoms with Crippen LogP contribution < -0.4 is 0 Å². The molecule has 0 fully saturated rings. The van der Waals surface area contributed by atoms with Gasteiger partial charge in [-0.05, 0) is 20.8 Å². The van der Waals surface area contributed by atoms with Crippen LogP contribution in [0.15, 0.2) is 35.5 Å². The molecule has 0 atom stereocenters. The monoisotopic (exact) mass is 180 g/mol. The molecule has 0 radical (unpaired) electrons. The number of carbonyl (C=O) groups excluding carboxylic acids is 1. The maximum atomic E-state index is 10.9. The second-order valence-corrected chi connectivity index (χ2v) is 2.75. The molecule has 0 aliphatic heterocycles. The molecular weight excluding hydrogens is 164 g/mol. The predicted octanol–water partition coefficient (Wildman–Crippen LogP) is 2.63. The van der Waals surface area contributed by atoms with Crippen molar-refractivity contribution >= 4 is 5.97 Å². The SMILES string of the molecule is CC=CC(C)=CC=C(C)C(=O)OC. The molecule has 0 aromatic carbocycles. The van der Waals surface area contributed by atoms with Crippen LogP contribution in [0.3, 0.4) is 0 Å². The van der Waals surface area contributed by atoms with Gasteiger partial charge in [0.05, 0.1) is 7.11 Å². The molecule has 0 heterocycles. The van der Waals surface area contributed by atoms with Crippen molar-refractivity contribution < 1.29 is 9.53 Å². The standard InChI is InChI=1S/C11H16O2/c1-5-6-9(2)7-8-10(3)11(12)13-4/h5-8H,1-4H3. The zero-order chi connectivity index (χ0) is 10.3. The highest BCUT2D eigenvalue weighted by molar-refractivity contribution is 5.87. The Balaban J connectivity index is 4.41. The van der Waals surface area contributed by atoms with Crippen molar-refractivity contribution in [2.75, 3.05) is 7.11 Å². The number of allylic oxidation sites excluding steroid dienone is 5. The molecule has 0 amide bonds. The first-order valence-electron chi connectivity index (χ1n) is 4.18. The van der Waals surface area contributed by atoms with Gasteiger partial charge < -0.3 is 4.74 Å². The van der Waals surface area contributed by atoms with Crippen molar-refractivity contribution in [3.63, 3.8) is 0 Å². The van der Waals surface area contributed by atoms with E-state index in [9.17, 15) is 4.79 Å². The molecule has 0 aromatic heterocycles. The minimum absolute atomic E-state index is 0.287. The van der Waals surface area contributed by atoms with Crippen molar-refractivity contribution in [3.8, 4) is 0 Å². The first kappa shape index (κ1) is 11.7. The van der Waals surface area contributed by atoms with Crippen LogP contribution >= 0.6 is 0 Å². The number of ether oxygens (including phenoxy) is 1. The van der Waals surface area contributed by atoms with Crippen molar-refractivity contribution in [3.05, 3.63) is 35.5 Å². The highest BCUT2D eigenvalue weighted by atomic mass is 16.5. The van der Waals surface area contributed by atoms with Crippen LogP contribution in [0, 0.1) is 0 Å². The molecule has 0 saturated carbocycles. The summed E-state index contributed by atoms with van der Waals surface area (Å²) >= 11 is 0. The molecule has 2 heteroatoms. The number of esters is 1. The molecule has 13 heavy (non-hydrogen) atoms. The number of hydrogen-bond donors (Lipinski definition) is 0. The van der Waals surface area contributed by atoms with Crippen LogP contribution in [0.25, 0.3) is 0 Å². The van der Waals surface area contributed by atoms with E-state index >= 15 is 0 Å². The molecule has 0 rings (SSSR count). The quantitative estimate of drug-likeness (QED) is 0.379. The molecule has 0 spiro atoms. The van der Waals surface area contributed by atoms with E-state index < -0.39 is 0 Å². The lowest BCUT2D eigenvalue weighted by Crippen LogP contribution is -2.00. The van der Waals surface area contributed by atoms with Gasteiger partial charge in [-0.2, -0.15) is 0 Å². The summed E-state index contributed by atoms with van der Waals surface area (Å²) in [5.74, 6) is -0.287. The molecule has 0 aliphatic carbocycles. The first-order valence-corrected chi connectivity index (χ1v) is 4.18. The Labute approximate surface area is 79.6 Å². The van der Waals surface area contributed by atoms with Gasteiger partial charge in [0, 0.05) is 5.57 Å². The predicted molar refractivity (Wildman–Crippen MR) is 54.3 cm³/mol. The molecule has 72 valence electrons. The average Bonchev–Trinajstić information content (AvgIpc) is 2.13. The fourth-order valence-electron chi connectivity index (χ4n) is 0.804. The van der Waals surface area contributed by atoms with Crippen LogP contribution in [0.1, 0.15) is 20.8 Å². The van der Waals surface area contributed by atoms with Gasteiger partial charge in [0.2, 0.25) is 0 Å². The zero-order valence-electron chi connectivity index (χ0n) is 8.63. The first-order chi connectivity index (χ1) is 6.11. The summed E-state index contributed by atoms with van der Waals surface area (Å²) in [7, 11) is 1.38. The molecule has 2 nitrogen and oxygen atoms in total. The molecule has 0 aliphatic rings. The fraction of sp³-hybridized carbons (Fsp3) is 0.364. The summed E-state index contributed by atoms with van der Waals surface area (Å²) < 4.78 is 4.55.